The molecule has 690 valence electrons. The molecule has 16 nitrogen and oxygen atoms in total. The lowest BCUT2D eigenvalue weighted by Gasteiger charge is -2.39. The Labute approximate surface area is 740 Å². The number of rotatable bonds is 81. The zero-order valence-corrected chi connectivity index (χ0v) is 78.2. The second kappa shape index (κ2) is 74.9. The van der Waals surface area contributed by atoms with E-state index in [-0.39, 0.29) is 13.2 Å². The maximum Gasteiger partial charge on any atom is 0.407 e. The maximum absolute atomic E-state index is 13.9. The summed E-state index contributed by atoms with van der Waals surface area (Å²) in [6.45, 7) is 22.0. The van der Waals surface area contributed by atoms with Crippen LogP contribution in [0.2, 0.25) is 0 Å². The van der Waals surface area contributed by atoms with Gasteiger partial charge in [-0.25, -0.2) is 23.8 Å². The number of carboxylic acid groups (broad SMARTS) is 1. The van der Waals surface area contributed by atoms with Gasteiger partial charge in [0.05, 0.1) is 18.5 Å². The summed E-state index contributed by atoms with van der Waals surface area (Å²) in [5.41, 5.74) is 3.16. The van der Waals surface area contributed by atoms with Gasteiger partial charge in [-0.05, 0) is 56.7 Å². The van der Waals surface area contributed by atoms with Crippen LogP contribution in [0.15, 0.2) is 91.2 Å². The number of esters is 1. The van der Waals surface area contributed by atoms with E-state index in [9.17, 15) is 19.2 Å². The van der Waals surface area contributed by atoms with E-state index >= 15 is 0 Å². The van der Waals surface area contributed by atoms with Gasteiger partial charge in [0.25, 0.3) is 0 Å². The number of hydrogen-bond donors (Lipinski definition) is 5. The highest BCUT2D eigenvalue weighted by molar-refractivity contribution is 5.99. The van der Waals surface area contributed by atoms with E-state index in [1.807, 2.05) is 53.4 Å². The standard InChI is InChI=1S/C86H141N5O8.C19H39NO2/c1-6-10-13-16-19-22-25-28-31-34-37-40-43-46-49-54-63-87-74(5)95-69-67-91(68-71-97-85(94)89-65-56-51-48-45-42-39-36-33-30-27-24-21-18-15-12-8-3)76-60-62-80-82(73-76)98-81-72-75(59-61-79(81)86(80)78-58-53-52-57-77(78)83(92)99-86)90(9-4)66-70-96-84(93)88-64-55-50-47-44-41-38-35-32-29-26-23-20-17-14-11-7-2;1-2-3-4-5-6-7-8-9-10-11-12-13-14-15-16-17-18-20-19(21)22/h9,52-53,57-59,61-62,72-73,87H,4-8,10-51,54-56,60,63-71H2,1-3H3,(H-,88,89,93,94);20H,2-18H2,1H3,(H,21,22)/p+1. The Morgan fingerprint density at radius 3 is 1.15 bits per heavy atom. The molecule has 16 heteroatoms. The van der Waals surface area contributed by atoms with Gasteiger partial charge >= 0.3 is 24.2 Å². The first kappa shape index (κ1) is 107. The first-order chi connectivity index (χ1) is 59.5. The molecule has 2 aliphatic heterocycles. The summed E-state index contributed by atoms with van der Waals surface area (Å²) in [4.78, 5) is 52.1. The Hall–Kier alpha value is -6.45. The van der Waals surface area contributed by atoms with Gasteiger partial charge in [-0.15, -0.1) is 0 Å². The Morgan fingerprint density at radius 1 is 0.438 bits per heavy atom. The third-order valence-electron chi connectivity index (χ3n) is 24.8. The molecule has 0 saturated carbocycles. The van der Waals surface area contributed by atoms with Gasteiger partial charge in [-0.1, -0.05) is 444 Å². The molecule has 0 fully saturated rings. The predicted molar refractivity (Wildman–Crippen MR) is 509 cm³/mol. The molecular formula is C105H181N6O10+. The number of hydrogen-bond acceptors (Lipinski definition) is 11. The molecule has 121 heavy (non-hydrogen) atoms. The Morgan fingerprint density at radius 2 is 0.777 bits per heavy atom. The van der Waals surface area contributed by atoms with Crippen molar-refractivity contribution in [2.75, 3.05) is 70.5 Å². The van der Waals surface area contributed by atoms with Crippen molar-refractivity contribution < 1.29 is 52.5 Å². The average Bonchev–Trinajstić information content (AvgIpc) is 1.58. The molecule has 3 amide bonds. The van der Waals surface area contributed by atoms with Gasteiger partial charge in [0, 0.05) is 60.7 Å². The van der Waals surface area contributed by atoms with Gasteiger partial charge in [0.15, 0.2) is 36.9 Å². The lowest BCUT2D eigenvalue weighted by atomic mass is 9.75. The van der Waals surface area contributed by atoms with Crippen molar-refractivity contribution in [3.05, 3.63) is 108 Å². The highest BCUT2D eigenvalue weighted by Gasteiger charge is 2.55. The Kier molecular flexibility index (Phi) is 66.2. The number of fused-ring (bicyclic) bond motifs is 6. The van der Waals surface area contributed by atoms with Crippen molar-refractivity contribution in [2.45, 2.75) is 451 Å². The molecular weight excluding hydrogens is 1510 g/mol. The van der Waals surface area contributed by atoms with Crippen molar-refractivity contribution >= 4 is 35.6 Å². The zero-order chi connectivity index (χ0) is 86.6. The van der Waals surface area contributed by atoms with E-state index < -0.39 is 29.9 Å². The van der Waals surface area contributed by atoms with Crippen LogP contribution in [0.25, 0.3) is 0 Å². The van der Waals surface area contributed by atoms with Crippen LogP contribution in [0.3, 0.4) is 0 Å². The summed E-state index contributed by atoms with van der Waals surface area (Å²) in [5, 5.41) is 20.2. The summed E-state index contributed by atoms with van der Waals surface area (Å²) in [6.07, 6.45) is 89.4. The number of nitrogens with zero attached hydrogens (tertiary/aromatic N) is 2. The quantitative estimate of drug-likeness (QED) is 0.0139. The number of ether oxygens (including phenoxy) is 5. The third-order valence-corrected chi connectivity index (χ3v) is 24.8. The molecule has 0 radical (unpaired) electrons. The summed E-state index contributed by atoms with van der Waals surface area (Å²) in [7, 11) is 0. The van der Waals surface area contributed by atoms with Crippen molar-refractivity contribution in [3.63, 3.8) is 0 Å². The molecule has 2 heterocycles. The highest BCUT2D eigenvalue weighted by atomic mass is 16.6. The van der Waals surface area contributed by atoms with Gasteiger partial charge < -0.3 is 55.0 Å². The van der Waals surface area contributed by atoms with E-state index in [1.54, 1.807) is 6.20 Å². The van der Waals surface area contributed by atoms with E-state index in [4.69, 9.17) is 28.8 Å². The second-order valence-corrected chi connectivity index (χ2v) is 35.4. The monoisotopic (exact) mass is 1690 g/mol. The first-order valence-electron chi connectivity index (χ1n) is 50.9. The molecule has 3 aliphatic rings. The van der Waals surface area contributed by atoms with Gasteiger partial charge in [-0.3, -0.25) is 0 Å². The molecule has 1 spiro atoms. The largest absolute Gasteiger partial charge is 0.473 e. The van der Waals surface area contributed by atoms with E-state index in [0.717, 1.165) is 74.0 Å². The topological polar surface area (TPSA) is 189 Å². The lowest BCUT2D eigenvalue weighted by molar-refractivity contribution is -0.532. The molecule has 2 aromatic rings. The molecule has 2 aromatic carbocycles. The second-order valence-electron chi connectivity index (χ2n) is 35.4. The zero-order valence-electron chi connectivity index (χ0n) is 78.2. The van der Waals surface area contributed by atoms with Crippen LogP contribution >= 0.6 is 0 Å². The van der Waals surface area contributed by atoms with Crippen molar-refractivity contribution in [1.82, 2.24) is 21.3 Å². The fourth-order valence-electron chi connectivity index (χ4n) is 17.3. The summed E-state index contributed by atoms with van der Waals surface area (Å²) < 4.78 is 33.5. The highest BCUT2D eigenvalue weighted by Crippen LogP contribution is 2.56. The van der Waals surface area contributed by atoms with Gasteiger partial charge in [0.2, 0.25) is 0 Å². The Bertz CT molecular complexity index is 3000. The number of carbonyl (C=O) groups is 4. The number of benzene rings is 2. The van der Waals surface area contributed by atoms with Gasteiger partial charge in [0.1, 0.15) is 24.7 Å². The lowest BCUT2D eigenvalue weighted by Crippen LogP contribution is -2.39. The van der Waals surface area contributed by atoms with Crippen LogP contribution in [0.1, 0.15) is 467 Å². The molecule has 5 N–H and O–H groups in total. The summed E-state index contributed by atoms with van der Waals surface area (Å²) in [6, 6.07) is 13.5. The van der Waals surface area contributed by atoms with Crippen molar-refractivity contribution in [2.24, 2.45) is 0 Å². The fraction of sp³-hybridized carbons (Fsp3) is 0.762. The number of nitrogens with one attached hydrogen (secondary N) is 4. The molecule has 0 saturated heterocycles. The number of allylic oxidation sites excluding steroid dienone is 2. The molecule has 5 rings (SSSR count). The molecule has 1 unspecified atom stereocenters. The van der Waals surface area contributed by atoms with E-state index in [2.05, 4.69) is 72.8 Å². The van der Waals surface area contributed by atoms with Crippen LogP contribution in [0, 0.1) is 0 Å². The normalized spacial score (nSPS) is 14.1. The van der Waals surface area contributed by atoms with Crippen LogP contribution < -0.4 is 30.9 Å². The van der Waals surface area contributed by atoms with Gasteiger partial charge in [-0.2, -0.15) is 0 Å². The van der Waals surface area contributed by atoms with Crippen LogP contribution in [-0.2, 0) is 24.5 Å². The maximum atomic E-state index is 13.9. The molecule has 0 aromatic heterocycles. The molecule has 0 bridgehead atoms. The number of carbonyl (C=O) groups excluding carboxylic acids is 3. The van der Waals surface area contributed by atoms with Crippen molar-refractivity contribution in [3.8, 4) is 5.75 Å². The Balaban J connectivity index is 0.00000121. The summed E-state index contributed by atoms with van der Waals surface area (Å²) >= 11 is 0. The molecule has 1 atom stereocenters. The predicted octanol–water partition coefficient (Wildman–Crippen LogP) is 29.9. The average molecular weight is 1690 g/mol. The summed E-state index contributed by atoms with van der Waals surface area (Å²) in [5.74, 6) is 1.22. The van der Waals surface area contributed by atoms with Crippen LogP contribution in [-0.4, -0.2) is 105 Å². The fourth-order valence-corrected chi connectivity index (χ4v) is 17.3. The number of unbranched alkanes of at least 4 members (excludes halogenated alkanes) is 60. The minimum Gasteiger partial charge on any atom is -0.473 e. The smallest absolute Gasteiger partial charge is 0.407 e. The number of anilines is 1. The third kappa shape index (κ3) is 51.6. The minimum absolute atomic E-state index is 0.146. The van der Waals surface area contributed by atoms with Crippen LogP contribution in [0.4, 0.5) is 20.1 Å². The van der Waals surface area contributed by atoms with Crippen molar-refractivity contribution in [1.29, 1.82) is 0 Å². The van der Waals surface area contributed by atoms with E-state index in [0.29, 0.717) is 80.8 Å². The first-order valence-corrected chi connectivity index (χ1v) is 50.9. The SMILES string of the molecule is C=CN(CCOC(=O)NCCCCCCCCCCCCCCCCCC)c1ccc2c(c1)OC1=CC(=[N+](CCOC(=C)NCCCCCCCCCCCCCCCCCC)CCOC(=O)NCCCCCCCCCCCCCCCCCC)CC=C1C21OC(=O)c2ccccc21.CCCCCCCCCCCCCCCCCCNC(=O)O. The number of amides is 3. The number of alkyl carbamates (subject to hydrolysis) is 2. The van der Waals surface area contributed by atoms with Crippen LogP contribution in [0.5, 0.6) is 5.75 Å². The minimum atomic E-state index is -1.26. The van der Waals surface area contributed by atoms with E-state index in [1.165, 1.54) is 366 Å². The molecule has 1 aliphatic carbocycles.